The fraction of sp³-hybridized carbons (Fsp3) is 0.391. The SMILES string of the molecule is CCC(=Nc1c(C)cc(C)cc1C)C(C)=Nc1c(C)cc(C)cc1C.[Br][Ni][Br]. The predicted molar refractivity (Wildman–Crippen MR) is 129 cm³/mol. The first-order valence-electron chi connectivity index (χ1n) is 9.25. The summed E-state index contributed by atoms with van der Waals surface area (Å²) in [4.78, 5) is 9.91. The van der Waals surface area contributed by atoms with Crippen LogP contribution in [0.15, 0.2) is 34.3 Å². The third kappa shape index (κ3) is 7.24. The van der Waals surface area contributed by atoms with Gasteiger partial charge in [0.05, 0.1) is 22.8 Å². The Morgan fingerprint density at radius 1 is 0.750 bits per heavy atom. The van der Waals surface area contributed by atoms with Crippen LogP contribution in [0.4, 0.5) is 11.4 Å². The Balaban J connectivity index is 0.00000122. The van der Waals surface area contributed by atoms with E-state index in [1.807, 2.05) is 0 Å². The molecule has 0 atom stereocenters. The van der Waals surface area contributed by atoms with Crippen molar-refractivity contribution in [3.8, 4) is 0 Å². The fourth-order valence-corrected chi connectivity index (χ4v) is 3.48. The van der Waals surface area contributed by atoms with Crippen molar-refractivity contribution in [1.29, 1.82) is 0 Å². The Kier molecular flexibility index (Phi) is 10.9. The molecule has 0 saturated carbocycles. The van der Waals surface area contributed by atoms with Gasteiger partial charge in [0.2, 0.25) is 0 Å². The Bertz CT molecular complexity index is 840. The molecule has 0 bridgehead atoms. The second kappa shape index (κ2) is 12.0. The summed E-state index contributed by atoms with van der Waals surface area (Å²) in [5, 5.41) is 0. The van der Waals surface area contributed by atoms with Crippen molar-refractivity contribution >= 4 is 51.2 Å². The zero-order valence-electron chi connectivity index (χ0n) is 18.0. The summed E-state index contributed by atoms with van der Waals surface area (Å²) < 4.78 is 0. The number of hydrogen-bond acceptors (Lipinski definition) is 2. The molecule has 0 aliphatic carbocycles. The van der Waals surface area contributed by atoms with Crippen LogP contribution in [0, 0.1) is 41.5 Å². The van der Waals surface area contributed by atoms with Crippen LogP contribution in [0.25, 0.3) is 0 Å². The van der Waals surface area contributed by atoms with Crippen molar-refractivity contribution in [2.45, 2.75) is 61.8 Å². The van der Waals surface area contributed by atoms with Crippen molar-refractivity contribution in [2.24, 2.45) is 9.98 Å². The third-order valence-electron chi connectivity index (χ3n) is 4.55. The number of hydrogen-bond donors (Lipinski definition) is 0. The van der Waals surface area contributed by atoms with Crippen LogP contribution < -0.4 is 0 Å². The van der Waals surface area contributed by atoms with Gasteiger partial charge in [-0.05, 0) is 77.1 Å². The Labute approximate surface area is 190 Å². The molecule has 2 aromatic carbocycles. The molecule has 0 spiro atoms. The molecular formula is C23H30Br2N2Ni. The minimum atomic E-state index is 0.867. The van der Waals surface area contributed by atoms with Gasteiger partial charge in [0.15, 0.2) is 0 Å². The van der Waals surface area contributed by atoms with Gasteiger partial charge in [-0.3, -0.25) is 9.98 Å². The monoisotopic (exact) mass is 550 g/mol. The molecule has 2 rings (SSSR count). The van der Waals surface area contributed by atoms with E-state index in [0.717, 1.165) is 29.2 Å². The van der Waals surface area contributed by atoms with Crippen LogP contribution in [0.5, 0.6) is 0 Å². The van der Waals surface area contributed by atoms with Crippen LogP contribution in [0.2, 0.25) is 0 Å². The number of nitrogens with zero attached hydrogens (tertiary/aromatic N) is 2. The fourth-order valence-electron chi connectivity index (χ4n) is 3.48. The van der Waals surface area contributed by atoms with Gasteiger partial charge in [-0.2, -0.15) is 0 Å². The van der Waals surface area contributed by atoms with Gasteiger partial charge in [0.1, 0.15) is 0 Å². The molecule has 2 aromatic rings. The van der Waals surface area contributed by atoms with Gasteiger partial charge >= 0.3 is 39.3 Å². The van der Waals surface area contributed by atoms with E-state index in [4.69, 9.17) is 9.98 Å². The van der Waals surface area contributed by atoms with Gasteiger partial charge in [0.25, 0.3) is 0 Å². The van der Waals surface area contributed by atoms with E-state index >= 15 is 0 Å². The Morgan fingerprint density at radius 3 is 1.39 bits per heavy atom. The van der Waals surface area contributed by atoms with Crippen molar-refractivity contribution in [3.63, 3.8) is 0 Å². The molecular weight excluding hydrogens is 523 g/mol. The van der Waals surface area contributed by atoms with Crippen LogP contribution in [0.1, 0.15) is 53.6 Å². The first kappa shape index (κ1) is 25.3. The quantitative estimate of drug-likeness (QED) is 0.268. The number of benzene rings is 2. The third-order valence-corrected chi connectivity index (χ3v) is 4.55. The van der Waals surface area contributed by atoms with E-state index in [-0.39, 0.29) is 0 Å². The molecule has 0 amide bonds. The summed E-state index contributed by atoms with van der Waals surface area (Å²) in [5.41, 5.74) is 11.6. The van der Waals surface area contributed by atoms with E-state index in [1.165, 1.54) is 44.3 Å². The topological polar surface area (TPSA) is 24.7 Å². The van der Waals surface area contributed by atoms with E-state index in [9.17, 15) is 0 Å². The van der Waals surface area contributed by atoms with Crippen molar-refractivity contribution < 1.29 is 10.9 Å². The second-order valence-corrected chi connectivity index (χ2v) is 12.1. The van der Waals surface area contributed by atoms with Gasteiger partial charge < -0.3 is 0 Å². The molecule has 0 saturated heterocycles. The summed E-state index contributed by atoms with van der Waals surface area (Å²) in [5.74, 6) is 0. The molecule has 0 N–H and O–H groups in total. The van der Waals surface area contributed by atoms with Crippen molar-refractivity contribution in [3.05, 3.63) is 57.6 Å². The Hall–Kier alpha value is -0.766. The summed E-state index contributed by atoms with van der Waals surface area (Å²) in [7, 11) is 1.25. The zero-order chi connectivity index (χ0) is 21.4. The standard InChI is InChI=1S/C23H30N2.2BrH.Ni/c1-9-21(25-23-18(6)12-15(3)13-19(23)7)20(8)24-22-16(4)10-14(2)11-17(22)5;;;/h10-13H,9H2,1-8H3;2*1H;/q;;;+2/p-2. The van der Waals surface area contributed by atoms with E-state index in [1.54, 1.807) is 0 Å². The normalized spacial score (nSPS) is 12.1. The molecule has 5 heteroatoms. The summed E-state index contributed by atoms with van der Waals surface area (Å²) in [6.45, 7) is 17.0. The van der Waals surface area contributed by atoms with E-state index < -0.39 is 0 Å². The number of halogens is 2. The second-order valence-electron chi connectivity index (χ2n) is 7.15. The number of rotatable bonds is 4. The van der Waals surface area contributed by atoms with E-state index in [2.05, 4.69) is 108 Å². The van der Waals surface area contributed by atoms with Crippen LogP contribution in [0.3, 0.4) is 0 Å². The molecule has 0 aromatic heterocycles. The first-order chi connectivity index (χ1) is 13.1. The average Bonchev–Trinajstić information content (AvgIpc) is 2.58. The van der Waals surface area contributed by atoms with Crippen LogP contribution >= 0.6 is 28.5 Å². The zero-order valence-corrected chi connectivity index (χ0v) is 22.1. The molecule has 0 radical (unpaired) electrons. The van der Waals surface area contributed by atoms with Crippen LogP contribution in [-0.2, 0) is 10.9 Å². The number of aliphatic imine (C=N–C) groups is 2. The molecule has 0 unspecified atom stereocenters. The van der Waals surface area contributed by atoms with Crippen LogP contribution in [-0.4, -0.2) is 11.4 Å². The molecule has 0 fully saturated rings. The number of aryl methyl sites for hydroxylation is 6. The maximum atomic E-state index is 4.98. The molecule has 2 nitrogen and oxygen atoms in total. The predicted octanol–water partition coefficient (Wildman–Crippen LogP) is 8.50. The van der Waals surface area contributed by atoms with Crippen molar-refractivity contribution in [2.75, 3.05) is 0 Å². The van der Waals surface area contributed by atoms with Gasteiger partial charge in [-0.15, -0.1) is 0 Å². The first-order valence-corrected chi connectivity index (χ1v) is 14.1. The molecule has 0 aliphatic heterocycles. The molecule has 28 heavy (non-hydrogen) atoms. The van der Waals surface area contributed by atoms with Crippen molar-refractivity contribution in [1.82, 2.24) is 0 Å². The van der Waals surface area contributed by atoms with Gasteiger partial charge in [0, 0.05) is 0 Å². The average molecular weight is 553 g/mol. The van der Waals surface area contributed by atoms with E-state index in [0.29, 0.717) is 0 Å². The Morgan fingerprint density at radius 2 is 1.07 bits per heavy atom. The molecule has 0 aliphatic rings. The summed E-state index contributed by atoms with van der Waals surface area (Å²) in [6.07, 6.45) is 0.867. The molecule has 156 valence electrons. The molecule has 0 heterocycles. The summed E-state index contributed by atoms with van der Waals surface area (Å²) in [6, 6.07) is 8.77. The van der Waals surface area contributed by atoms with Gasteiger partial charge in [-0.1, -0.05) is 42.3 Å². The summed E-state index contributed by atoms with van der Waals surface area (Å²) >= 11 is 6.00. The maximum absolute atomic E-state index is 4.98. The van der Waals surface area contributed by atoms with Gasteiger partial charge in [-0.25, -0.2) is 0 Å². The minimum absolute atomic E-state index is 0.867.